The molecule has 6 heteroatoms. The molecular weight excluding hydrogens is 352 g/mol. The van der Waals surface area contributed by atoms with E-state index in [0.29, 0.717) is 18.6 Å². The Morgan fingerprint density at radius 3 is 2.89 bits per heavy atom. The Balaban J connectivity index is 1.77. The number of methoxy groups -OCH3 is 1. The first-order valence-electron chi connectivity index (χ1n) is 9.23. The second kappa shape index (κ2) is 7.37. The van der Waals surface area contributed by atoms with Crippen LogP contribution >= 0.6 is 0 Å². The number of aromatic amines is 2. The number of rotatable bonds is 6. The van der Waals surface area contributed by atoms with E-state index in [2.05, 4.69) is 40.1 Å². The molecule has 0 aliphatic rings. The summed E-state index contributed by atoms with van der Waals surface area (Å²) in [6.45, 7) is 4.58. The Morgan fingerprint density at radius 2 is 2.11 bits per heavy atom. The van der Waals surface area contributed by atoms with Crippen molar-refractivity contribution in [3.8, 4) is 11.8 Å². The van der Waals surface area contributed by atoms with E-state index in [1.54, 1.807) is 19.2 Å². The molecule has 2 aromatic carbocycles. The Kier molecular flexibility index (Phi) is 4.76. The van der Waals surface area contributed by atoms with Crippen molar-refractivity contribution in [1.82, 2.24) is 15.0 Å². The molecule has 2 aromatic heterocycles. The van der Waals surface area contributed by atoms with Crippen molar-refractivity contribution in [2.75, 3.05) is 13.7 Å². The first kappa shape index (κ1) is 18.1. The number of imidazole rings is 1. The molecule has 0 aliphatic heterocycles. The average Bonchev–Trinajstić information content (AvgIpc) is 3.31. The zero-order valence-electron chi connectivity index (χ0n) is 16.2. The van der Waals surface area contributed by atoms with Gasteiger partial charge in [-0.15, -0.1) is 0 Å². The van der Waals surface area contributed by atoms with Crippen molar-refractivity contribution >= 4 is 21.9 Å². The molecule has 4 rings (SSSR count). The number of nitriles is 1. The minimum absolute atomic E-state index is 0.0617. The molecule has 0 saturated carbocycles. The second-order valence-electron chi connectivity index (χ2n) is 7.02. The third-order valence-electron chi connectivity index (χ3n) is 4.85. The zero-order valence-corrected chi connectivity index (χ0v) is 16.2. The van der Waals surface area contributed by atoms with Gasteiger partial charge in [-0.05, 0) is 49.7 Å². The van der Waals surface area contributed by atoms with Gasteiger partial charge in [0, 0.05) is 36.2 Å². The molecule has 0 amide bonds. The van der Waals surface area contributed by atoms with Crippen LogP contribution < -0.4 is 4.74 Å². The van der Waals surface area contributed by atoms with Gasteiger partial charge < -0.3 is 19.4 Å². The van der Waals surface area contributed by atoms with Gasteiger partial charge in [0.05, 0.1) is 29.3 Å². The van der Waals surface area contributed by atoms with Gasteiger partial charge in [-0.3, -0.25) is 0 Å². The fourth-order valence-electron chi connectivity index (χ4n) is 3.59. The van der Waals surface area contributed by atoms with E-state index >= 15 is 0 Å². The Bertz CT molecular complexity index is 1180. The Hall–Kier alpha value is -3.30. The van der Waals surface area contributed by atoms with Gasteiger partial charge in [0.1, 0.15) is 17.7 Å². The van der Waals surface area contributed by atoms with Crippen molar-refractivity contribution in [2.24, 2.45) is 0 Å². The summed E-state index contributed by atoms with van der Waals surface area (Å²) in [7, 11) is 1.67. The number of nitrogens with one attached hydrogen (secondary N) is 2. The highest BCUT2D eigenvalue weighted by molar-refractivity contribution is 5.88. The number of hydrogen-bond donors (Lipinski definition) is 2. The van der Waals surface area contributed by atoms with Gasteiger partial charge >= 0.3 is 0 Å². The number of aryl methyl sites for hydroxylation is 1. The molecular formula is C22H22N4O2. The third kappa shape index (κ3) is 3.32. The molecule has 142 valence electrons. The van der Waals surface area contributed by atoms with Crippen LogP contribution in [-0.4, -0.2) is 34.8 Å². The van der Waals surface area contributed by atoms with Crippen LogP contribution in [0.2, 0.25) is 0 Å². The van der Waals surface area contributed by atoms with Gasteiger partial charge in [0.25, 0.3) is 0 Å². The van der Waals surface area contributed by atoms with Gasteiger partial charge in [0.2, 0.25) is 0 Å². The number of nitrogens with zero attached hydrogens (tertiary/aromatic N) is 2. The number of aromatic nitrogens is 3. The number of H-pyrrole nitrogens is 2. The van der Waals surface area contributed by atoms with Gasteiger partial charge in [0.15, 0.2) is 0 Å². The Morgan fingerprint density at radius 1 is 1.25 bits per heavy atom. The highest BCUT2D eigenvalue weighted by atomic mass is 16.5. The maximum atomic E-state index is 9.11. The molecule has 2 heterocycles. The lowest BCUT2D eigenvalue weighted by atomic mass is 10.0. The summed E-state index contributed by atoms with van der Waals surface area (Å²) in [5.74, 6) is 1.67. The number of ether oxygens (including phenoxy) is 2. The molecule has 1 unspecified atom stereocenters. The lowest BCUT2D eigenvalue weighted by Gasteiger charge is -2.18. The van der Waals surface area contributed by atoms with Crippen LogP contribution in [-0.2, 0) is 11.2 Å². The topological polar surface area (TPSA) is 86.7 Å². The largest absolute Gasteiger partial charge is 0.488 e. The molecule has 28 heavy (non-hydrogen) atoms. The predicted molar refractivity (Wildman–Crippen MR) is 109 cm³/mol. The van der Waals surface area contributed by atoms with Crippen molar-refractivity contribution in [3.05, 3.63) is 59.0 Å². The van der Waals surface area contributed by atoms with Crippen LogP contribution in [0.1, 0.15) is 29.4 Å². The van der Waals surface area contributed by atoms with Crippen LogP contribution in [0.15, 0.2) is 36.5 Å². The highest BCUT2D eigenvalue weighted by Gasteiger charge is 2.17. The van der Waals surface area contributed by atoms with E-state index in [1.165, 1.54) is 0 Å². The SMILES string of the molecule is COCC(C)Oc1cc(C)c2[nH]ccc2c1Cc1nc2cc(C#N)ccc2[nH]1. The summed E-state index contributed by atoms with van der Waals surface area (Å²) >= 11 is 0. The maximum absolute atomic E-state index is 9.11. The summed E-state index contributed by atoms with van der Waals surface area (Å²) in [6.07, 6.45) is 2.48. The molecule has 0 radical (unpaired) electrons. The lowest BCUT2D eigenvalue weighted by molar-refractivity contribution is 0.0915. The summed E-state index contributed by atoms with van der Waals surface area (Å²) in [4.78, 5) is 11.4. The monoisotopic (exact) mass is 374 g/mol. The van der Waals surface area contributed by atoms with E-state index in [9.17, 15) is 0 Å². The average molecular weight is 374 g/mol. The third-order valence-corrected chi connectivity index (χ3v) is 4.85. The number of benzene rings is 2. The normalized spacial score (nSPS) is 12.4. The van der Waals surface area contributed by atoms with Crippen LogP contribution in [0.3, 0.4) is 0 Å². The minimum Gasteiger partial charge on any atom is -0.488 e. The molecule has 0 aliphatic carbocycles. The van der Waals surface area contributed by atoms with E-state index in [0.717, 1.165) is 44.6 Å². The highest BCUT2D eigenvalue weighted by Crippen LogP contribution is 2.33. The maximum Gasteiger partial charge on any atom is 0.124 e. The molecule has 6 nitrogen and oxygen atoms in total. The first-order valence-corrected chi connectivity index (χ1v) is 9.23. The van der Waals surface area contributed by atoms with Crippen LogP contribution in [0.5, 0.6) is 5.75 Å². The van der Waals surface area contributed by atoms with Crippen LogP contribution in [0.25, 0.3) is 21.9 Å². The predicted octanol–water partition coefficient (Wildman–Crippen LogP) is 4.23. The van der Waals surface area contributed by atoms with E-state index < -0.39 is 0 Å². The molecule has 0 spiro atoms. The van der Waals surface area contributed by atoms with Crippen molar-refractivity contribution < 1.29 is 9.47 Å². The van der Waals surface area contributed by atoms with E-state index in [4.69, 9.17) is 14.7 Å². The van der Waals surface area contributed by atoms with E-state index in [-0.39, 0.29) is 6.10 Å². The smallest absolute Gasteiger partial charge is 0.124 e. The van der Waals surface area contributed by atoms with Crippen molar-refractivity contribution in [2.45, 2.75) is 26.4 Å². The standard InChI is InChI=1S/C22H22N4O2/c1-13-8-20(28-14(2)12-27-3)17(16-6-7-24-22(13)16)10-21-25-18-5-4-15(11-23)9-19(18)26-21/h4-9,14,24H,10,12H2,1-3H3,(H,25,26). The van der Waals surface area contributed by atoms with Gasteiger partial charge in [-0.1, -0.05) is 0 Å². The summed E-state index contributed by atoms with van der Waals surface area (Å²) in [5, 5.41) is 10.2. The minimum atomic E-state index is -0.0617. The quantitative estimate of drug-likeness (QED) is 0.529. The fraction of sp³-hybridized carbons (Fsp3) is 0.273. The number of fused-ring (bicyclic) bond motifs is 2. The van der Waals surface area contributed by atoms with Gasteiger partial charge in [-0.25, -0.2) is 4.98 Å². The summed E-state index contributed by atoms with van der Waals surface area (Å²) in [6, 6.07) is 11.8. The first-order chi connectivity index (χ1) is 13.6. The van der Waals surface area contributed by atoms with Crippen molar-refractivity contribution in [3.63, 3.8) is 0 Å². The molecule has 4 aromatic rings. The lowest BCUT2D eigenvalue weighted by Crippen LogP contribution is -2.19. The zero-order chi connectivity index (χ0) is 19.7. The van der Waals surface area contributed by atoms with Gasteiger partial charge in [-0.2, -0.15) is 5.26 Å². The van der Waals surface area contributed by atoms with Crippen LogP contribution in [0, 0.1) is 18.3 Å². The summed E-state index contributed by atoms with van der Waals surface area (Å²) in [5.41, 5.74) is 5.62. The number of hydrogen-bond acceptors (Lipinski definition) is 4. The molecule has 1 atom stereocenters. The molecule has 0 bridgehead atoms. The fourth-order valence-corrected chi connectivity index (χ4v) is 3.59. The van der Waals surface area contributed by atoms with E-state index in [1.807, 2.05) is 19.2 Å². The molecule has 0 fully saturated rings. The molecule has 2 N–H and O–H groups in total. The van der Waals surface area contributed by atoms with Crippen LogP contribution in [0.4, 0.5) is 0 Å². The Labute approximate surface area is 163 Å². The summed E-state index contributed by atoms with van der Waals surface area (Å²) < 4.78 is 11.4. The van der Waals surface area contributed by atoms with Crippen molar-refractivity contribution in [1.29, 1.82) is 5.26 Å². The molecule has 0 saturated heterocycles. The second-order valence-corrected chi connectivity index (χ2v) is 7.02.